The highest BCUT2D eigenvalue weighted by molar-refractivity contribution is 6.04. The highest BCUT2D eigenvalue weighted by Gasteiger charge is 2.11. The monoisotopic (exact) mass is 319 g/mol. The van der Waals surface area contributed by atoms with Gasteiger partial charge in [-0.3, -0.25) is 4.79 Å². The second kappa shape index (κ2) is 7.13. The Morgan fingerprint density at radius 3 is 2.38 bits per heavy atom. The SMILES string of the molecule is CCCn1nc(C)cc1NC(=O)c1ccc(-c2ccccc2)cc1. The molecular formula is C20H21N3O. The van der Waals surface area contributed by atoms with Crippen molar-refractivity contribution in [3.05, 3.63) is 71.9 Å². The van der Waals surface area contributed by atoms with Crippen LogP contribution in [0.5, 0.6) is 0 Å². The van der Waals surface area contributed by atoms with Crippen LogP contribution >= 0.6 is 0 Å². The zero-order chi connectivity index (χ0) is 16.9. The first kappa shape index (κ1) is 16.0. The normalized spacial score (nSPS) is 10.6. The first-order chi connectivity index (χ1) is 11.7. The van der Waals surface area contributed by atoms with Crippen LogP contribution in [-0.4, -0.2) is 15.7 Å². The van der Waals surface area contributed by atoms with Crippen molar-refractivity contribution in [2.75, 3.05) is 5.32 Å². The van der Waals surface area contributed by atoms with E-state index in [0.29, 0.717) is 5.56 Å². The Balaban J connectivity index is 1.76. The summed E-state index contributed by atoms with van der Waals surface area (Å²) in [6.07, 6.45) is 0.968. The molecule has 0 radical (unpaired) electrons. The van der Waals surface area contributed by atoms with Gasteiger partial charge in [-0.05, 0) is 36.6 Å². The largest absolute Gasteiger partial charge is 0.307 e. The van der Waals surface area contributed by atoms with E-state index in [1.54, 1.807) is 0 Å². The molecule has 1 heterocycles. The summed E-state index contributed by atoms with van der Waals surface area (Å²) in [4.78, 5) is 12.5. The van der Waals surface area contributed by atoms with Gasteiger partial charge in [-0.1, -0.05) is 49.4 Å². The van der Waals surface area contributed by atoms with Crippen LogP contribution in [0.15, 0.2) is 60.7 Å². The van der Waals surface area contributed by atoms with Gasteiger partial charge in [0.25, 0.3) is 5.91 Å². The summed E-state index contributed by atoms with van der Waals surface area (Å²) in [5.41, 5.74) is 3.77. The quantitative estimate of drug-likeness (QED) is 0.751. The molecule has 0 bridgehead atoms. The maximum atomic E-state index is 12.5. The number of benzene rings is 2. The molecule has 2 aromatic carbocycles. The van der Waals surface area contributed by atoms with Crippen molar-refractivity contribution < 1.29 is 4.79 Å². The minimum Gasteiger partial charge on any atom is -0.307 e. The Kier molecular flexibility index (Phi) is 4.75. The minimum absolute atomic E-state index is 0.119. The van der Waals surface area contributed by atoms with E-state index in [0.717, 1.165) is 35.6 Å². The van der Waals surface area contributed by atoms with Gasteiger partial charge in [-0.2, -0.15) is 5.10 Å². The fraction of sp³-hybridized carbons (Fsp3) is 0.200. The second-order valence-corrected chi connectivity index (χ2v) is 5.79. The van der Waals surface area contributed by atoms with Crippen LogP contribution in [0.1, 0.15) is 29.4 Å². The summed E-state index contributed by atoms with van der Waals surface area (Å²) in [6, 6.07) is 19.7. The van der Waals surface area contributed by atoms with Crippen LogP contribution in [0.25, 0.3) is 11.1 Å². The lowest BCUT2D eigenvalue weighted by Crippen LogP contribution is -2.15. The molecule has 4 heteroatoms. The summed E-state index contributed by atoms with van der Waals surface area (Å²) < 4.78 is 1.84. The fourth-order valence-electron chi connectivity index (χ4n) is 2.66. The highest BCUT2D eigenvalue weighted by atomic mass is 16.1. The smallest absolute Gasteiger partial charge is 0.256 e. The number of carbonyl (C=O) groups is 1. The van der Waals surface area contributed by atoms with Gasteiger partial charge in [0.15, 0.2) is 0 Å². The number of aryl methyl sites for hydroxylation is 2. The Hall–Kier alpha value is -2.88. The van der Waals surface area contributed by atoms with Crippen LogP contribution in [0.2, 0.25) is 0 Å². The summed E-state index contributed by atoms with van der Waals surface area (Å²) in [5.74, 6) is 0.623. The first-order valence-electron chi connectivity index (χ1n) is 8.18. The minimum atomic E-state index is -0.119. The molecule has 0 aliphatic heterocycles. The van der Waals surface area contributed by atoms with Crippen molar-refractivity contribution in [2.24, 2.45) is 0 Å². The summed E-state index contributed by atoms with van der Waals surface area (Å²) in [5, 5.41) is 7.36. The van der Waals surface area contributed by atoms with Gasteiger partial charge in [-0.25, -0.2) is 4.68 Å². The molecule has 0 aliphatic rings. The zero-order valence-electron chi connectivity index (χ0n) is 14.0. The van der Waals surface area contributed by atoms with Gasteiger partial charge in [0.1, 0.15) is 5.82 Å². The first-order valence-corrected chi connectivity index (χ1v) is 8.18. The van der Waals surface area contributed by atoms with Crippen LogP contribution in [0, 0.1) is 6.92 Å². The van der Waals surface area contributed by atoms with E-state index in [9.17, 15) is 4.79 Å². The van der Waals surface area contributed by atoms with Crippen molar-refractivity contribution in [3.8, 4) is 11.1 Å². The molecule has 0 saturated heterocycles. The molecule has 0 saturated carbocycles. The van der Waals surface area contributed by atoms with Gasteiger partial charge in [0.2, 0.25) is 0 Å². The van der Waals surface area contributed by atoms with E-state index in [2.05, 4.69) is 29.5 Å². The van der Waals surface area contributed by atoms with Crippen LogP contribution in [0.3, 0.4) is 0 Å². The van der Waals surface area contributed by atoms with E-state index < -0.39 is 0 Å². The molecule has 1 aromatic heterocycles. The number of anilines is 1. The molecule has 0 atom stereocenters. The summed E-state index contributed by atoms with van der Waals surface area (Å²) >= 11 is 0. The molecule has 122 valence electrons. The third kappa shape index (κ3) is 3.54. The van der Waals surface area contributed by atoms with Crippen molar-refractivity contribution in [2.45, 2.75) is 26.8 Å². The van der Waals surface area contributed by atoms with Crippen LogP contribution < -0.4 is 5.32 Å². The molecule has 0 aliphatic carbocycles. The van der Waals surface area contributed by atoms with Gasteiger partial charge < -0.3 is 5.32 Å². The maximum Gasteiger partial charge on any atom is 0.256 e. The van der Waals surface area contributed by atoms with Crippen molar-refractivity contribution in [3.63, 3.8) is 0 Å². The molecule has 0 spiro atoms. The topological polar surface area (TPSA) is 46.9 Å². The van der Waals surface area contributed by atoms with Gasteiger partial charge in [-0.15, -0.1) is 0 Å². The van der Waals surface area contributed by atoms with Crippen molar-refractivity contribution in [1.29, 1.82) is 0 Å². The van der Waals surface area contributed by atoms with Crippen LogP contribution in [0.4, 0.5) is 5.82 Å². The average Bonchev–Trinajstić information content (AvgIpc) is 2.95. The predicted molar refractivity (Wildman–Crippen MR) is 97.1 cm³/mol. The van der Waals surface area contributed by atoms with Gasteiger partial charge in [0.05, 0.1) is 5.69 Å². The highest BCUT2D eigenvalue weighted by Crippen LogP contribution is 2.20. The Morgan fingerprint density at radius 1 is 1.04 bits per heavy atom. The number of hydrogen-bond acceptors (Lipinski definition) is 2. The van der Waals surface area contributed by atoms with Crippen molar-refractivity contribution in [1.82, 2.24) is 9.78 Å². The second-order valence-electron chi connectivity index (χ2n) is 5.79. The Morgan fingerprint density at radius 2 is 1.71 bits per heavy atom. The average molecular weight is 319 g/mol. The third-order valence-electron chi connectivity index (χ3n) is 3.83. The number of rotatable bonds is 5. The molecular weight excluding hydrogens is 298 g/mol. The Bertz CT molecular complexity index is 820. The Labute approximate surface area is 142 Å². The third-order valence-corrected chi connectivity index (χ3v) is 3.83. The number of carbonyl (C=O) groups excluding carboxylic acids is 1. The lowest BCUT2D eigenvalue weighted by molar-refractivity contribution is 0.102. The standard InChI is InChI=1S/C20H21N3O/c1-3-13-23-19(14-15(2)22-23)21-20(24)18-11-9-17(10-12-18)16-7-5-4-6-8-16/h4-12,14H,3,13H2,1-2H3,(H,21,24). The van der Waals surface area contributed by atoms with E-state index in [1.165, 1.54) is 0 Å². The lowest BCUT2D eigenvalue weighted by Gasteiger charge is -2.08. The summed E-state index contributed by atoms with van der Waals surface area (Å²) in [6.45, 7) is 4.80. The molecule has 3 aromatic rings. The van der Waals surface area contributed by atoms with Gasteiger partial charge >= 0.3 is 0 Å². The number of hydrogen-bond donors (Lipinski definition) is 1. The van der Waals surface area contributed by atoms with Crippen LogP contribution in [-0.2, 0) is 6.54 Å². The molecule has 0 unspecified atom stereocenters. The van der Waals surface area contributed by atoms with E-state index in [-0.39, 0.29) is 5.91 Å². The molecule has 0 fully saturated rings. The number of nitrogens with zero attached hydrogens (tertiary/aromatic N) is 2. The predicted octanol–water partition coefficient (Wildman–Crippen LogP) is 4.52. The zero-order valence-corrected chi connectivity index (χ0v) is 14.0. The fourth-order valence-corrected chi connectivity index (χ4v) is 2.66. The van der Waals surface area contributed by atoms with Gasteiger partial charge in [0, 0.05) is 18.2 Å². The number of nitrogens with one attached hydrogen (secondary N) is 1. The number of aromatic nitrogens is 2. The van der Waals surface area contributed by atoms with Crippen molar-refractivity contribution >= 4 is 11.7 Å². The molecule has 1 amide bonds. The van der Waals surface area contributed by atoms with E-state index >= 15 is 0 Å². The molecule has 1 N–H and O–H groups in total. The molecule has 24 heavy (non-hydrogen) atoms. The number of amides is 1. The summed E-state index contributed by atoms with van der Waals surface area (Å²) in [7, 11) is 0. The molecule has 3 rings (SSSR count). The van der Waals surface area contributed by atoms with E-state index in [1.807, 2.05) is 60.1 Å². The lowest BCUT2D eigenvalue weighted by atomic mass is 10.0. The maximum absolute atomic E-state index is 12.5. The van der Waals surface area contributed by atoms with E-state index in [4.69, 9.17) is 0 Å². The molecule has 4 nitrogen and oxygen atoms in total.